The third kappa shape index (κ3) is 7.42. The zero-order chi connectivity index (χ0) is 22.8. The van der Waals surface area contributed by atoms with E-state index in [-0.39, 0.29) is 18.4 Å². The van der Waals surface area contributed by atoms with E-state index < -0.39 is 6.04 Å². The molecule has 2 amide bonds. The topological polar surface area (TPSA) is 58.6 Å². The summed E-state index contributed by atoms with van der Waals surface area (Å²) in [6.45, 7) is 10.9. The lowest BCUT2D eigenvalue weighted by Gasteiger charge is -2.30. The molecule has 2 rings (SSSR count). The van der Waals surface area contributed by atoms with E-state index in [0.29, 0.717) is 25.3 Å². The van der Waals surface area contributed by atoms with Crippen LogP contribution in [0.4, 0.5) is 0 Å². The van der Waals surface area contributed by atoms with Crippen LogP contribution in [0, 0.1) is 20.8 Å². The first-order chi connectivity index (χ1) is 14.8. The van der Waals surface area contributed by atoms with Gasteiger partial charge in [-0.15, -0.1) is 0 Å². The molecule has 0 aliphatic rings. The van der Waals surface area contributed by atoms with Crippen LogP contribution in [0.1, 0.15) is 55.4 Å². The summed E-state index contributed by atoms with van der Waals surface area (Å²) >= 11 is 0. The SMILES string of the molecule is CCCCNC(=O)[C@@H](CC)N(Cc1cccc(C)c1)C(=O)COc1ccc(C)cc1C. The van der Waals surface area contributed by atoms with Gasteiger partial charge in [-0.25, -0.2) is 0 Å². The van der Waals surface area contributed by atoms with Crippen LogP contribution in [0.2, 0.25) is 0 Å². The molecular formula is C26H36N2O3. The number of unbranched alkanes of at least 4 members (excludes halogenated alkanes) is 1. The van der Waals surface area contributed by atoms with Crippen LogP contribution in [0.5, 0.6) is 5.75 Å². The molecule has 0 aromatic heterocycles. The van der Waals surface area contributed by atoms with Crippen molar-refractivity contribution in [2.75, 3.05) is 13.2 Å². The largest absolute Gasteiger partial charge is 0.483 e. The van der Waals surface area contributed by atoms with Crippen LogP contribution in [-0.2, 0) is 16.1 Å². The molecule has 1 N–H and O–H groups in total. The lowest BCUT2D eigenvalue weighted by atomic mass is 10.1. The highest BCUT2D eigenvalue weighted by Gasteiger charge is 2.28. The van der Waals surface area contributed by atoms with Gasteiger partial charge < -0.3 is 15.0 Å². The van der Waals surface area contributed by atoms with Gasteiger partial charge >= 0.3 is 0 Å². The van der Waals surface area contributed by atoms with Crippen LogP contribution >= 0.6 is 0 Å². The number of rotatable bonds is 11. The average molecular weight is 425 g/mol. The number of aryl methyl sites for hydroxylation is 3. The van der Waals surface area contributed by atoms with Crippen molar-refractivity contribution in [2.24, 2.45) is 0 Å². The Hall–Kier alpha value is -2.82. The summed E-state index contributed by atoms with van der Waals surface area (Å²) in [5.74, 6) is 0.386. The van der Waals surface area contributed by atoms with Gasteiger partial charge in [-0.3, -0.25) is 9.59 Å². The van der Waals surface area contributed by atoms with Crippen molar-refractivity contribution in [1.82, 2.24) is 10.2 Å². The molecule has 5 nitrogen and oxygen atoms in total. The molecule has 0 bridgehead atoms. The Bertz CT molecular complexity index is 879. The van der Waals surface area contributed by atoms with E-state index in [0.717, 1.165) is 35.1 Å². The second-order valence-electron chi connectivity index (χ2n) is 8.14. The number of benzene rings is 2. The molecule has 0 radical (unpaired) electrons. The van der Waals surface area contributed by atoms with Crippen molar-refractivity contribution >= 4 is 11.8 Å². The fraction of sp³-hybridized carbons (Fsp3) is 0.462. The maximum Gasteiger partial charge on any atom is 0.261 e. The molecule has 168 valence electrons. The standard InChI is InChI=1S/C26H36N2O3/c1-6-8-14-27-26(30)23(7-2)28(17-22-11-9-10-19(3)16-22)25(29)18-31-24-13-12-20(4)15-21(24)5/h9-13,15-16,23H,6-8,14,17-18H2,1-5H3,(H,27,30)/t23-/m1/s1. The quantitative estimate of drug-likeness (QED) is 0.531. The Kier molecular flexibility index (Phi) is 9.57. The Morgan fingerprint density at radius 3 is 2.42 bits per heavy atom. The minimum atomic E-state index is -0.535. The van der Waals surface area contributed by atoms with Gasteiger partial charge in [-0.1, -0.05) is 67.8 Å². The molecule has 0 saturated carbocycles. The first-order valence-corrected chi connectivity index (χ1v) is 11.2. The summed E-state index contributed by atoms with van der Waals surface area (Å²) in [5, 5.41) is 2.98. The highest BCUT2D eigenvalue weighted by molar-refractivity contribution is 5.88. The van der Waals surface area contributed by atoms with Crippen LogP contribution in [0.3, 0.4) is 0 Å². The van der Waals surface area contributed by atoms with Gasteiger partial charge in [0.15, 0.2) is 6.61 Å². The lowest BCUT2D eigenvalue weighted by Crippen LogP contribution is -2.50. The Balaban J connectivity index is 2.19. The molecule has 0 unspecified atom stereocenters. The number of nitrogens with zero attached hydrogens (tertiary/aromatic N) is 1. The molecule has 0 saturated heterocycles. The van der Waals surface area contributed by atoms with Crippen LogP contribution < -0.4 is 10.1 Å². The molecule has 0 heterocycles. The second kappa shape index (κ2) is 12.1. The molecular weight excluding hydrogens is 388 g/mol. The van der Waals surface area contributed by atoms with Crippen molar-refractivity contribution in [3.63, 3.8) is 0 Å². The molecule has 5 heteroatoms. The zero-order valence-corrected chi connectivity index (χ0v) is 19.5. The number of carbonyl (C=O) groups excluding carboxylic acids is 2. The third-order valence-electron chi connectivity index (χ3n) is 5.33. The summed E-state index contributed by atoms with van der Waals surface area (Å²) in [7, 11) is 0. The van der Waals surface area contributed by atoms with E-state index in [1.165, 1.54) is 0 Å². The smallest absolute Gasteiger partial charge is 0.261 e. The van der Waals surface area contributed by atoms with Gasteiger partial charge in [0.05, 0.1) is 0 Å². The first-order valence-electron chi connectivity index (χ1n) is 11.2. The Morgan fingerprint density at radius 1 is 1.03 bits per heavy atom. The average Bonchev–Trinajstić information content (AvgIpc) is 2.73. The molecule has 31 heavy (non-hydrogen) atoms. The number of ether oxygens (including phenoxy) is 1. The van der Waals surface area contributed by atoms with Crippen molar-refractivity contribution in [3.8, 4) is 5.75 Å². The maximum absolute atomic E-state index is 13.2. The third-order valence-corrected chi connectivity index (χ3v) is 5.33. The van der Waals surface area contributed by atoms with E-state index >= 15 is 0 Å². The fourth-order valence-electron chi connectivity index (χ4n) is 3.62. The van der Waals surface area contributed by atoms with Crippen LogP contribution in [-0.4, -0.2) is 35.9 Å². The van der Waals surface area contributed by atoms with E-state index in [1.807, 2.05) is 70.2 Å². The van der Waals surface area contributed by atoms with E-state index in [1.54, 1.807) is 4.90 Å². The number of hydrogen-bond acceptors (Lipinski definition) is 3. The summed E-state index contributed by atoms with van der Waals surface area (Å²) in [6, 6.07) is 13.4. The summed E-state index contributed by atoms with van der Waals surface area (Å²) < 4.78 is 5.85. The number of nitrogens with one attached hydrogen (secondary N) is 1. The number of carbonyl (C=O) groups is 2. The predicted octanol–water partition coefficient (Wildman–Crippen LogP) is 4.71. The van der Waals surface area contributed by atoms with Crippen LogP contribution in [0.25, 0.3) is 0 Å². The first kappa shape index (κ1) is 24.4. The molecule has 0 aliphatic heterocycles. The Morgan fingerprint density at radius 2 is 1.77 bits per heavy atom. The molecule has 0 aliphatic carbocycles. The number of hydrogen-bond donors (Lipinski definition) is 1. The normalized spacial score (nSPS) is 11.6. The van der Waals surface area contributed by atoms with E-state index in [2.05, 4.69) is 12.2 Å². The minimum absolute atomic E-state index is 0.103. The highest BCUT2D eigenvalue weighted by atomic mass is 16.5. The van der Waals surface area contributed by atoms with E-state index in [9.17, 15) is 9.59 Å². The summed E-state index contributed by atoms with van der Waals surface area (Å²) in [6.07, 6.45) is 2.47. The molecule has 0 spiro atoms. The van der Waals surface area contributed by atoms with Crippen molar-refractivity contribution in [3.05, 3.63) is 64.7 Å². The maximum atomic E-state index is 13.2. The summed E-state index contributed by atoms with van der Waals surface area (Å²) in [5.41, 5.74) is 4.26. The van der Waals surface area contributed by atoms with Gasteiger partial charge in [0.25, 0.3) is 5.91 Å². The zero-order valence-electron chi connectivity index (χ0n) is 19.5. The second-order valence-corrected chi connectivity index (χ2v) is 8.14. The molecule has 1 atom stereocenters. The lowest BCUT2D eigenvalue weighted by molar-refractivity contribution is -0.143. The van der Waals surface area contributed by atoms with Gasteiger partial charge in [0, 0.05) is 13.1 Å². The van der Waals surface area contributed by atoms with Gasteiger partial charge in [-0.2, -0.15) is 0 Å². The van der Waals surface area contributed by atoms with Crippen molar-refractivity contribution in [1.29, 1.82) is 0 Å². The molecule has 0 fully saturated rings. The predicted molar refractivity (Wildman–Crippen MR) is 125 cm³/mol. The van der Waals surface area contributed by atoms with Gasteiger partial charge in [0.2, 0.25) is 5.91 Å². The monoisotopic (exact) mass is 424 g/mol. The van der Waals surface area contributed by atoms with E-state index in [4.69, 9.17) is 4.74 Å². The van der Waals surface area contributed by atoms with Crippen molar-refractivity contribution in [2.45, 2.75) is 66.5 Å². The van der Waals surface area contributed by atoms with Gasteiger partial charge in [0.1, 0.15) is 11.8 Å². The fourth-order valence-corrected chi connectivity index (χ4v) is 3.62. The Labute approximate surface area is 186 Å². The molecule has 2 aromatic rings. The highest BCUT2D eigenvalue weighted by Crippen LogP contribution is 2.20. The summed E-state index contributed by atoms with van der Waals surface area (Å²) in [4.78, 5) is 27.8. The van der Waals surface area contributed by atoms with Crippen LogP contribution in [0.15, 0.2) is 42.5 Å². The molecule has 2 aromatic carbocycles. The number of amides is 2. The van der Waals surface area contributed by atoms with Crippen molar-refractivity contribution < 1.29 is 14.3 Å². The van der Waals surface area contributed by atoms with Gasteiger partial charge in [-0.05, 0) is 50.8 Å². The minimum Gasteiger partial charge on any atom is -0.483 e.